The van der Waals surface area contributed by atoms with E-state index in [2.05, 4.69) is 58.1 Å². The van der Waals surface area contributed by atoms with E-state index in [-0.39, 0.29) is 24.5 Å². The quantitative estimate of drug-likeness (QED) is 0.374. The third kappa shape index (κ3) is 4.59. The van der Waals surface area contributed by atoms with Gasteiger partial charge in [0, 0.05) is 29.5 Å². The molecule has 36 heavy (non-hydrogen) atoms. The van der Waals surface area contributed by atoms with Crippen molar-refractivity contribution >= 4 is 28.9 Å². The molecule has 5 rings (SSSR count). The van der Waals surface area contributed by atoms with Crippen molar-refractivity contribution < 1.29 is 4.79 Å². The van der Waals surface area contributed by atoms with Crippen LogP contribution in [0, 0.1) is 20.8 Å². The van der Waals surface area contributed by atoms with Crippen molar-refractivity contribution in [2.45, 2.75) is 32.9 Å². The summed E-state index contributed by atoms with van der Waals surface area (Å²) in [5.41, 5.74) is 5.95. The van der Waals surface area contributed by atoms with E-state index < -0.39 is 0 Å². The van der Waals surface area contributed by atoms with Crippen LogP contribution in [-0.2, 0) is 4.79 Å². The fourth-order valence-corrected chi connectivity index (χ4v) is 5.18. The second kappa shape index (κ2) is 9.91. The SMILES string of the molecule is Cc1ccnc(-n2c(C)cc([C@H]3[C@H](c4ccccn4)NC(=S)N3CC(=O)Nc3ccccc3)c2C)c1. The highest BCUT2D eigenvalue weighted by Crippen LogP contribution is 2.41. The lowest BCUT2D eigenvalue weighted by Crippen LogP contribution is -2.37. The van der Waals surface area contributed by atoms with Crippen LogP contribution in [0.2, 0.25) is 0 Å². The molecular formula is C28H28N6OS. The van der Waals surface area contributed by atoms with Crippen molar-refractivity contribution in [1.82, 2.24) is 24.8 Å². The molecule has 0 saturated carbocycles. The predicted octanol–water partition coefficient (Wildman–Crippen LogP) is 4.80. The lowest BCUT2D eigenvalue weighted by molar-refractivity contribution is -0.116. The summed E-state index contributed by atoms with van der Waals surface area (Å²) in [6.45, 7) is 6.33. The Labute approximate surface area is 216 Å². The average Bonchev–Trinajstić information content (AvgIpc) is 3.35. The predicted molar refractivity (Wildman–Crippen MR) is 145 cm³/mol. The molecule has 1 saturated heterocycles. The lowest BCUT2D eigenvalue weighted by atomic mass is 9.96. The molecule has 3 aromatic heterocycles. The third-order valence-corrected chi connectivity index (χ3v) is 6.84. The number of carbonyl (C=O) groups is 1. The van der Waals surface area contributed by atoms with Crippen molar-refractivity contribution in [3.63, 3.8) is 0 Å². The highest BCUT2D eigenvalue weighted by molar-refractivity contribution is 7.80. The molecule has 0 spiro atoms. The average molecular weight is 497 g/mol. The number of aromatic nitrogens is 3. The number of benzene rings is 1. The Bertz CT molecular complexity index is 1400. The van der Waals surface area contributed by atoms with Gasteiger partial charge in [-0.3, -0.25) is 9.78 Å². The first kappa shape index (κ1) is 23.7. The summed E-state index contributed by atoms with van der Waals surface area (Å²) in [5.74, 6) is 0.735. The summed E-state index contributed by atoms with van der Waals surface area (Å²) in [7, 11) is 0. The zero-order valence-electron chi connectivity index (χ0n) is 20.5. The summed E-state index contributed by atoms with van der Waals surface area (Å²) in [6, 6.07) is 21.1. The van der Waals surface area contributed by atoms with Crippen LogP contribution in [0.1, 0.15) is 40.3 Å². The largest absolute Gasteiger partial charge is 0.352 e. The minimum Gasteiger partial charge on any atom is -0.352 e. The molecule has 0 unspecified atom stereocenters. The van der Waals surface area contributed by atoms with Crippen LogP contribution >= 0.6 is 12.2 Å². The Morgan fingerprint density at radius 1 is 1.00 bits per heavy atom. The number of aryl methyl sites for hydroxylation is 2. The number of nitrogens with one attached hydrogen (secondary N) is 2. The van der Waals surface area contributed by atoms with Gasteiger partial charge in [-0.15, -0.1) is 0 Å². The Kier molecular flexibility index (Phi) is 6.52. The number of carbonyl (C=O) groups excluding carboxylic acids is 1. The minimum atomic E-state index is -0.223. The van der Waals surface area contributed by atoms with E-state index in [0.717, 1.165) is 39.7 Å². The third-order valence-electron chi connectivity index (χ3n) is 6.49. The Morgan fingerprint density at radius 2 is 1.78 bits per heavy atom. The number of rotatable bonds is 6. The normalized spacial score (nSPS) is 17.2. The van der Waals surface area contributed by atoms with E-state index in [1.165, 1.54) is 0 Å². The van der Waals surface area contributed by atoms with Crippen molar-refractivity contribution in [1.29, 1.82) is 0 Å². The Hall–Kier alpha value is -4.04. The molecule has 182 valence electrons. The number of amides is 1. The summed E-state index contributed by atoms with van der Waals surface area (Å²) in [5, 5.41) is 6.94. The molecule has 1 aromatic carbocycles. The van der Waals surface area contributed by atoms with E-state index in [1.54, 1.807) is 6.20 Å². The van der Waals surface area contributed by atoms with Gasteiger partial charge >= 0.3 is 0 Å². The van der Waals surface area contributed by atoms with Gasteiger partial charge in [0.15, 0.2) is 5.11 Å². The number of hydrogen-bond donors (Lipinski definition) is 2. The van der Waals surface area contributed by atoms with Crippen LogP contribution in [0.5, 0.6) is 0 Å². The maximum Gasteiger partial charge on any atom is 0.244 e. The monoisotopic (exact) mass is 496 g/mol. The van der Waals surface area contributed by atoms with Crippen molar-refractivity contribution in [3.05, 3.63) is 107 Å². The van der Waals surface area contributed by atoms with Gasteiger partial charge in [-0.1, -0.05) is 24.3 Å². The van der Waals surface area contributed by atoms with Gasteiger partial charge in [0.25, 0.3) is 0 Å². The summed E-state index contributed by atoms with van der Waals surface area (Å²) in [4.78, 5) is 24.3. The smallest absolute Gasteiger partial charge is 0.244 e. The van der Waals surface area contributed by atoms with Crippen LogP contribution < -0.4 is 10.6 Å². The number of pyridine rings is 2. The zero-order valence-corrected chi connectivity index (χ0v) is 21.3. The van der Waals surface area contributed by atoms with Crippen molar-refractivity contribution in [2.24, 2.45) is 0 Å². The Balaban J connectivity index is 1.54. The van der Waals surface area contributed by atoms with E-state index in [9.17, 15) is 4.79 Å². The Morgan fingerprint density at radius 3 is 2.50 bits per heavy atom. The molecule has 0 aliphatic carbocycles. The second-order valence-corrected chi connectivity index (χ2v) is 9.41. The molecule has 1 aliphatic heterocycles. The van der Waals surface area contributed by atoms with Crippen molar-refractivity contribution in [2.75, 3.05) is 11.9 Å². The van der Waals surface area contributed by atoms with Gasteiger partial charge in [-0.05, 0) is 86.6 Å². The van der Waals surface area contributed by atoms with Gasteiger partial charge in [0.05, 0.1) is 17.8 Å². The molecule has 1 amide bonds. The summed E-state index contributed by atoms with van der Waals surface area (Å²) < 4.78 is 2.15. The van der Waals surface area contributed by atoms with E-state index in [4.69, 9.17) is 12.2 Å². The van der Waals surface area contributed by atoms with Crippen LogP contribution in [0.3, 0.4) is 0 Å². The fraction of sp³-hybridized carbons (Fsp3) is 0.214. The molecule has 1 fully saturated rings. The first-order valence-electron chi connectivity index (χ1n) is 11.9. The van der Waals surface area contributed by atoms with E-state index in [0.29, 0.717) is 5.11 Å². The highest BCUT2D eigenvalue weighted by atomic mass is 32.1. The maximum absolute atomic E-state index is 13.1. The zero-order chi connectivity index (χ0) is 25.2. The van der Waals surface area contributed by atoms with Crippen LogP contribution in [0.15, 0.2) is 79.1 Å². The number of thiocarbonyl (C=S) groups is 1. The molecule has 4 aromatic rings. The number of para-hydroxylation sites is 1. The van der Waals surface area contributed by atoms with E-state index in [1.807, 2.05) is 65.7 Å². The number of nitrogens with zero attached hydrogens (tertiary/aromatic N) is 4. The van der Waals surface area contributed by atoms with Gasteiger partial charge in [0.1, 0.15) is 12.4 Å². The fourth-order valence-electron chi connectivity index (χ4n) is 4.87. The van der Waals surface area contributed by atoms with Gasteiger partial charge in [-0.2, -0.15) is 0 Å². The first-order valence-corrected chi connectivity index (χ1v) is 12.3. The lowest BCUT2D eigenvalue weighted by Gasteiger charge is -2.27. The van der Waals surface area contributed by atoms with Gasteiger partial charge in [-0.25, -0.2) is 4.98 Å². The molecule has 7 nitrogen and oxygen atoms in total. The van der Waals surface area contributed by atoms with Crippen LogP contribution in [0.4, 0.5) is 5.69 Å². The van der Waals surface area contributed by atoms with Crippen molar-refractivity contribution in [3.8, 4) is 5.82 Å². The number of anilines is 1. The molecule has 0 bridgehead atoms. The second-order valence-electron chi connectivity index (χ2n) is 9.02. The van der Waals surface area contributed by atoms with Crippen LogP contribution in [0.25, 0.3) is 5.82 Å². The first-order chi connectivity index (χ1) is 17.4. The van der Waals surface area contributed by atoms with Gasteiger partial charge < -0.3 is 20.1 Å². The molecule has 2 atom stereocenters. The maximum atomic E-state index is 13.1. The topological polar surface area (TPSA) is 75.1 Å². The highest BCUT2D eigenvalue weighted by Gasteiger charge is 2.42. The molecule has 1 aliphatic rings. The molecule has 4 heterocycles. The van der Waals surface area contributed by atoms with Gasteiger partial charge in [0.2, 0.25) is 5.91 Å². The molecular weight excluding hydrogens is 468 g/mol. The number of hydrogen-bond acceptors (Lipinski definition) is 4. The molecule has 8 heteroatoms. The van der Waals surface area contributed by atoms with E-state index >= 15 is 0 Å². The standard InChI is InChI=1S/C28H28N6OS/c1-18-12-14-30-24(15-18)34-19(2)16-22(20(34)3)27-26(23-11-7-8-13-29-23)32-28(36)33(27)17-25(35)31-21-9-5-4-6-10-21/h4-16,26-27H,17H2,1-3H3,(H,31,35)(H,32,36)/t26-,27-/m0/s1. The minimum absolute atomic E-state index is 0.112. The molecule has 2 N–H and O–H groups in total. The summed E-state index contributed by atoms with van der Waals surface area (Å²) in [6.07, 6.45) is 3.61. The molecule has 0 radical (unpaired) electrons. The van der Waals surface area contributed by atoms with Crippen LogP contribution in [-0.4, -0.2) is 37.0 Å². The summed E-state index contributed by atoms with van der Waals surface area (Å²) >= 11 is 5.76.